The van der Waals surface area contributed by atoms with E-state index in [-0.39, 0.29) is 0 Å². The van der Waals surface area contributed by atoms with Gasteiger partial charge in [-0.15, -0.1) is 0 Å². The fourth-order valence-corrected chi connectivity index (χ4v) is 2.97. The Kier molecular flexibility index (Phi) is 4.68. The molecule has 0 saturated carbocycles. The second kappa shape index (κ2) is 6.27. The Labute approximate surface area is 121 Å². The average molecular weight is 292 g/mol. The van der Waals surface area contributed by atoms with E-state index in [1.54, 1.807) is 11.8 Å². The van der Waals surface area contributed by atoms with Crippen molar-refractivity contribution >= 4 is 29.3 Å². The largest absolute Gasteiger partial charge is 0.308 e. The van der Waals surface area contributed by atoms with Crippen molar-refractivity contribution < 1.29 is 0 Å². The van der Waals surface area contributed by atoms with E-state index in [0.717, 1.165) is 5.03 Å². The molecule has 100 valence electrons. The Morgan fingerprint density at radius 3 is 2.58 bits per heavy atom. The molecule has 0 saturated heterocycles. The molecule has 0 aliphatic rings. The van der Waals surface area contributed by atoms with Crippen molar-refractivity contribution in [1.29, 1.82) is 0 Å². The lowest BCUT2D eigenvalue weighted by Crippen LogP contribution is -2.09. The zero-order valence-electron chi connectivity index (χ0n) is 11.1. The molecular weight excluding hydrogens is 276 g/mol. The first-order chi connectivity index (χ1) is 9.12. The molecule has 0 radical (unpaired) electrons. The van der Waals surface area contributed by atoms with Crippen molar-refractivity contribution in [2.45, 2.75) is 28.9 Å². The minimum Gasteiger partial charge on any atom is -0.308 e. The van der Waals surface area contributed by atoms with E-state index in [1.807, 2.05) is 12.3 Å². The number of anilines is 1. The number of hydrazine groups is 1. The third-order valence-electron chi connectivity index (χ3n) is 2.56. The zero-order valence-corrected chi connectivity index (χ0v) is 12.7. The number of benzene rings is 1. The van der Waals surface area contributed by atoms with Crippen molar-refractivity contribution in [2.75, 3.05) is 11.7 Å². The van der Waals surface area contributed by atoms with Gasteiger partial charge in [0, 0.05) is 11.0 Å². The normalized spacial score (nSPS) is 10.5. The van der Waals surface area contributed by atoms with Gasteiger partial charge in [0.05, 0.1) is 0 Å². The van der Waals surface area contributed by atoms with E-state index in [2.05, 4.69) is 47.4 Å². The quantitative estimate of drug-likeness (QED) is 0.296. The van der Waals surface area contributed by atoms with Crippen LogP contribution in [-0.4, -0.2) is 16.2 Å². The standard InChI is InChI=1S/C13H16N4S2/c1-8-4-5-10(9(2)6-8)19-12-7-11(17-14)15-13(16-12)18-3/h4-7H,14H2,1-3H3,(H,15,16,17). The number of hydrogen-bond acceptors (Lipinski definition) is 6. The van der Waals surface area contributed by atoms with Crippen LogP contribution in [0.5, 0.6) is 0 Å². The Hall–Kier alpha value is -1.24. The van der Waals surface area contributed by atoms with Gasteiger partial charge >= 0.3 is 0 Å². The highest BCUT2D eigenvalue weighted by atomic mass is 32.2. The van der Waals surface area contributed by atoms with Crippen LogP contribution in [-0.2, 0) is 0 Å². The molecule has 1 heterocycles. The molecule has 1 aromatic heterocycles. The molecule has 0 spiro atoms. The highest BCUT2D eigenvalue weighted by Crippen LogP contribution is 2.31. The molecule has 0 fully saturated rings. The molecule has 6 heteroatoms. The van der Waals surface area contributed by atoms with Crippen LogP contribution in [0.15, 0.2) is 39.3 Å². The number of thioether (sulfide) groups is 1. The van der Waals surface area contributed by atoms with Gasteiger partial charge in [-0.3, -0.25) is 0 Å². The number of aromatic nitrogens is 2. The number of nitrogens with zero attached hydrogens (tertiary/aromatic N) is 2. The van der Waals surface area contributed by atoms with Crippen LogP contribution in [0.3, 0.4) is 0 Å². The molecule has 0 amide bonds. The lowest BCUT2D eigenvalue weighted by Gasteiger charge is -2.08. The van der Waals surface area contributed by atoms with Gasteiger partial charge in [0.1, 0.15) is 10.8 Å². The third kappa shape index (κ3) is 3.62. The number of nitrogens with two attached hydrogens (primary N) is 1. The number of nitrogens with one attached hydrogen (secondary N) is 1. The molecule has 4 nitrogen and oxygen atoms in total. The first-order valence-corrected chi connectivity index (χ1v) is 7.81. The van der Waals surface area contributed by atoms with E-state index in [1.165, 1.54) is 27.8 Å². The molecule has 0 aliphatic heterocycles. The molecule has 3 N–H and O–H groups in total. The smallest absolute Gasteiger partial charge is 0.190 e. The molecule has 0 bridgehead atoms. The van der Waals surface area contributed by atoms with Crippen LogP contribution in [0.1, 0.15) is 11.1 Å². The van der Waals surface area contributed by atoms with E-state index < -0.39 is 0 Å². The van der Waals surface area contributed by atoms with Gasteiger partial charge in [-0.1, -0.05) is 41.2 Å². The van der Waals surface area contributed by atoms with Crippen LogP contribution in [0, 0.1) is 13.8 Å². The van der Waals surface area contributed by atoms with Gasteiger partial charge in [-0.25, -0.2) is 15.8 Å². The number of nitrogen functional groups attached to an aromatic ring is 1. The second-order valence-corrected chi connectivity index (χ2v) is 5.93. The molecule has 0 atom stereocenters. The summed E-state index contributed by atoms with van der Waals surface area (Å²) in [6.45, 7) is 4.20. The Balaban J connectivity index is 2.31. The highest BCUT2D eigenvalue weighted by Gasteiger charge is 2.07. The van der Waals surface area contributed by atoms with Crippen LogP contribution in [0.25, 0.3) is 0 Å². The predicted molar refractivity (Wildman–Crippen MR) is 81.7 cm³/mol. The van der Waals surface area contributed by atoms with Crippen LogP contribution < -0.4 is 11.3 Å². The molecule has 19 heavy (non-hydrogen) atoms. The summed E-state index contributed by atoms with van der Waals surface area (Å²) in [6, 6.07) is 8.24. The van der Waals surface area contributed by atoms with Crippen molar-refractivity contribution in [3.63, 3.8) is 0 Å². The highest BCUT2D eigenvalue weighted by molar-refractivity contribution is 7.99. The number of hydrogen-bond donors (Lipinski definition) is 2. The summed E-state index contributed by atoms with van der Waals surface area (Å²) in [6.07, 6.45) is 1.95. The summed E-state index contributed by atoms with van der Waals surface area (Å²) in [5.74, 6) is 6.06. The van der Waals surface area contributed by atoms with Gasteiger partial charge < -0.3 is 5.43 Å². The monoisotopic (exact) mass is 292 g/mol. The first kappa shape index (κ1) is 14.2. The Bertz CT molecular complexity index is 565. The van der Waals surface area contributed by atoms with Crippen molar-refractivity contribution in [3.05, 3.63) is 35.4 Å². The lowest BCUT2D eigenvalue weighted by molar-refractivity contribution is 0.893. The minimum atomic E-state index is 0.631. The van der Waals surface area contributed by atoms with E-state index in [0.29, 0.717) is 11.0 Å². The SMILES string of the molecule is CSc1nc(NN)cc(Sc2ccc(C)cc2C)n1. The molecule has 1 aromatic carbocycles. The fourth-order valence-electron chi connectivity index (χ4n) is 1.65. The maximum atomic E-state index is 5.43. The summed E-state index contributed by atoms with van der Waals surface area (Å²) in [5.41, 5.74) is 5.08. The van der Waals surface area contributed by atoms with Gasteiger partial charge in [0.15, 0.2) is 5.16 Å². The van der Waals surface area contributed by atoms with E-state index >= 15 is 0 Å². The third-order valence-corrected chi connectivity index (χ3v) is 4.20. The van der Waals surface area contributed by atoms with Gasteiger partial charge in [-0.05, 0) is 31.7 Å². The average Bonchev–Trinajstić information content (AvgIpc) is 2.41. The van der Waals surface area contributed by atoms with Crippen LogP contribution >= 0.6 is 23.5 Å². The number of aryl methyl sites for hydroxylation is 2. The topological polar surface area (TPSA) is 63.8 Å². The second-order valence-electron chi connectivity index (χ2n) is 4.09. The van der Waals surface area contributed by atoms with Crippen LogP contribution in [0.4, 0.5) is 5.82 Å². The molecular formula is C13H16N4S2. The Morgan fingerprint density at radius 1 is 1.16 bits per heavy atom. The summed E-state index contributed by atoms with van der Waals surface area (Å²) in [4.78, 5) is 9.92. The zero-order chi connectivity index (χ0) is 13.8. The van der Waals surface area contributed by atoms with Crippen molar-refractivity contribution in [2.24, 2.45) is 5.84 Å². The van der Waals surface area contributed by atoms with E-state index in [9.17, 15) is 0 Å². The number of rotatable bonds is 4. The molecule has 2 aromatic rings. The van der Waals surface area contributed by atoms with Crippen molar-refractivity contribution in [3.8, 4) is 0 Å². The van der Waals surface area contributed by atoms with Crippen LogP contribution in [0.2, 0.25) is 0 Å². The first-order valence-electron chi connectivity index (χ1n) is 5.77. The summed E-state index contributed by atoms with van der Waals surface area (Å²) >= 11 is 3.12. The molecule has 0 aliphatic carbocycles. The maximum absolute atomic E-state index is 5.43. The van der Waals surface area contributed by atoms with Gasteiger partial charge in [0.2, 0.25) is 0 Å². The maximum Gasteiger partial charge on any atom is 0.190 e. The predicted octanol–water partition coefficient (Wildman–Crippen LogP) is 3.25. The Morgan fingerprint density at radius 2 is 1.95 bits per heavy atom. The molecule has 2 rings (SSSR count). The minimum absolute atomic E-state index is 0.631. The fraction of sp³-hybridized carbons (Fsp3) is 0.231. The van der Waals surface area contributed by atoms with Gasteiger partial charge in [-0.2, -0.15) is 0 Å². The summed E-state index contributed by atoms with van der Waals surface area (Å²) in [5, 5.41) is 1.60. The van der Waals surface area contributed by atoms with Gasteiger partial charge in [0.25, 0.3) is 0 Å². The van der Waals surface area contributed by atoms with Crippen molar-refractivity contribution in [1.82, 2.24) is 9.97 Å². The summed E-state index contributed by atoms with van der Waals surface area (Å²) < 4.78 is 0. The summed E-state index contributed by atoms with van der Waals surface area (Å²) in [7, 11) is 0. The van der Waals surface area contributed by atoms with E-state index in [4.69, 9.17) is 5.84 Å². The lowest BCUT2D eigenvalue weighted by atomic mass is 10.2. The molecule has 0 unspecified atom stereocenters.